The molecule has 3 rings (SSSR count). The van der Waals surface area contributed by atoms with Crippen LogP contribution in [0.15, 0.2) is 42.5 Å². The first-order valence-electron chi connectivity index (χ1n) is 7.65. The summed E-state index contributed by atoms with van der Waals surface area (Å²) < 4.78 is 5.41. The fourth-order valence-corrected chi connectivity index (χ4v) is 3.29. The normalized spacial score (nSPS) is 10.4. The van der Waals surface area contributed by atoms with Crippen LogP contribution in [0.3, 0.4) is 0 Å². The Morgan fingerprint density at radius 3 is 2.58 bits per heavy atom. The summed E-state index contributed by atoms with van der Waals surface area (Å²) in [7, 11) is 0. The molecule has 0 aliphatic carbocycles. The third-order valence-electron chi connectivity index (χ3n) is 3.24. The lowest BCUT2D eigenvalue weighted by Gasteiger charge is -2.07. The Bertz CT molecular complexity index is 915. The molecule has 0 aliphatic rings. The molecule has 0 aliphatic heterocycles. The summed E-state index contributed by atoms with van der Waals surface area (Å²) >= 11 is 13.1. The van der Waals surface area contributed by atoms with Crippen LogP contribution in [0.25, 0.3) is 10.6 Å². The predicted molar refractivity (Wildman–Crippen MR) is 106 cm³/mol. The van der Waals surface area contributed by atoms with Crippen LogP contribution in [0.1, 0.15) is 6.92 Å². The van der Waals surface area contributed by atoms with E-state index in [0.29, 0.717) is 32.5 Å². The van der Waals surface area contributed by atoms with Crippen molar-refractivity contribution < 1.29 is 9.53 Å². The number of rotatable bonds is 5. The second kappa shape index (κ2) is 8.35. The Morgan fingerprint density at radius 1 is 1.12 bits per heavy atom. The molecular weight excluding hydrogens is 395 g/mol. The van der Waals surface area contributed by atoms with Crippen molar-refractivity contribution in [3.8, 4) is 16.3 Å². The highest BCUT2D eigenvalue weighted by molar-refractivity contribution is 7.18. The van der Waals surface area contributed by atoms with Crippen LogP contribution in [0.4, 0.5) is 15.6 Å². The molecule has 0 spiro atoms. The van der Waals surface area contributed by atoms with Crippen LogP contribution >= 0.6 is 34.5 Å². The van der Waals surface area contributed by atoms with E-state index in [0.717, 1.165) is 11.3 Å². The molecule has 1 aromatic heterocycles. The van der Waals surface area contributed by atoms with E-state index < -0.39 is 6.03 Å². The number of hydrogen-bond acceptors (Lipinski definition) is 5. The Morgan fingerprint density at radius 2 is 1.88 bits per heavy atom. The molecule has 0 fully saturated rings. The third-order valence-corrected chi connectivity index (χ3v) is 4.67. The minimum Gasteiger partial charge on any atom is -0.494 e. The minimum atomic E-state index is -0.469. The number of ether oxygens (including phenoxy) is 1. The van der Waals surface area contributed by atoms with Gasteiger partial charge in [-0.15, -0.1) is 10.2 Å². The number of amides is 2. The summed E-state index contributed by atoms with van der Waals surface area (Å²) in [5.74, 6) is 0.790. The number of anilines is 2. The molecule has 26 heavy (non-hydrogen) atoms. The lowest BCUT2D eigenvalue weighted by molar-refractivity contribution is 0.262. The Balaban J connectivity index is 1.65. The van der Waals surface area contributed by atoms with Crippen molar-refractivity contribution >= 4 is 51.4 Å². The highest BCUT2D eigenvalue weighted by Gasteiger charge is 2.11. The summed E-state index contributed by atoms with van der Waals surface area (Å²) in [4.78, 5) is 12.1. The maximum absolute atomic E-state index is 12.1. The van der Waals surface area contributed by atoms with Crippen LogP contribution in [0.5, 0.6) is 5.75 Å². The van der Waals surface area contributed by atoms with E-state index in [4.69, 9.17) is 27.9 Å². The van der Waals surface area contributed by atoms with E-state index in [2.05, 4.69) is 20.8 Å². The summed E-state index contributed by atoms with van der Waals surface area (Å²) in [6, 6.07) is 11.8. The van der Waals surface area contributed by atoms with E-state index in [9.17, 15) is 4.79 Å². The molecule has 0 saturated carbocycles. The predicted octanol–water partition coefficient (Wildman–Crippen LogP) is 5.55. The van der Waals surface area contributed by atoms with Crippen molar-refractivity contribution in [2.45, 2.75) is 6.92 Å². The standard InChI is InChI=1S/C17H14Cl2N4O2S/c1-2-25-12-6-3-10(4-7-12)15-22-23-17(26-15)21-16(24)20-14-8-5-11(18)9-13(14)19/h3-9H,2H2,1H3,(H2,20,21,23,24). The highest BCUT2D eigenvalue weighted by atomic mass is 35.5. The van der Waals surface area contributed by atoms with Gasteiger partial charge in [-0.2, -0.15) is 0 Å². The first-order valence-corrected chi connectivity index (χ1v) is 9.22. The SMILES string of the molecule is CCOc1ccc(-c2nnc(NC(=O)Nc3ccc(Cl)cc3Cl)s2)cc1. The van der Waals surface area contributed by atoms with Crippen LogP contribution in [-0.4, -0.2) is 22.8 Å². The number of nitrogens with one attached hydrogen (secondary N) is 2. The van der Waals surface area contributed by atoms with Crippen molar-refractivity contribution in [2.75, 3.05) is 17.2 Å². The number of aromatic nitrogens is 2. The van der Waals surface area contributed by atoms with E-state index in [1.807, 2.05) is 31.2 Å². The number of benzene rings is 2. The molecular formula is C17H14Cl2N4O2S. The average molecular weight is 409 g/mol. The first kappa shape index (κ1) is 18.4. The smallest absolute Gasteiger partial charge is 0.325 e. The molecule has 6 nitrogen and oxygen atoms in total. The van der Waals surface area contributed by atoms with Crippen molar-refractivity contribution in [3.05, 3.63) is 52.5 Å². The van der Waals surface area contributed by atoms with Gasteiger partial charge in [0.1, 0.15) is 10.8 Å². The van der Waals surface area contributed by atoms with E-state index in [-0.39, 0.29) is 0 Å². The number of nitrogens with zero attached hydrogens (tertiary/aromatic N) is 2. The fourth-order valence-electron chi connectivity index (χ4n) is 2.09. The minimum absolute atomic E-state index is 0.347. The molecule has 0 saturated heterocycles. The van der Waals surface area contributed by atoms with Gasteiger partial charge < -0.3 is 10.1 Å². The van der Waals surface area contributed by atoms with Crippen molar-refractivity contribution in [1.29, 1.82) is 0 Å². The largest absolute Gasteiger partial charge is 0.494 e. The monoisotopic (exact) mass is 408 g/mol. The summed E-state index contributed by atoms with van der Waals surface area (Å²) in [5, 5.41) is 15.2. The number of hydrogen-bond donors (Lipinski definition) is 2. The number of carbonyl (C=O) groups excluding carboxylic acids is 1. The summed E-state index contributed by atoms with van der Waals surface area (Å²) in [5.41, 5.74) is 1.34. The van der Waals surface area contributed by atoms with Gasteiger partial charge in [-0.3, -0.25) is 5.32 Å². The molecule has 2 aromatic carbocycles. The molecule has 9 heteroatoms. The molecule has 2 amide bonds. The molecule has 0 radical (unpaired) electrons. The summed E-state index contributed by atoms with van der Waals surface area (Å²) in [6.45, 7) is 2.54. The van der Waals surface area contributed by atoms with Gasteiger partial charge in [0.15, 0.2) is 0 Å². The van der Waals surface area contributed by atoms with Gasteiger partial charge in [0, 0.05) is 10.6 Å². The molecule has 0 atom stereocenters. The maximum Gasteiger partial charge on any atom is 0.325 e. The van der Waals surface area contributed by atoms with Gasteiger partial charge >= 0.3 is 6.03 Å². The number of carbonyl (C=O) groups is 1. The van der Waals surface area contributed by atoms with Gasteiger partial charge in [0.2, 0.25) is 5.13 Å². The Labute approximate surface area is 164 Å². The number of urea groups is 1. The summed E-state index contributed by atoms with van der Waals surface area (Å²) in [6.07, 6.45) is 0. The maximum atomic E-state index is 12.1. The van der Waals surface area contributed by atoms with Crippen LogP contribution in [-0.2, 0) is 0 Å². The van der Waals surface area contributed by atoms with Gasteiger partial charge in [0.05, 0.1) is 17.3 Å². The Kier molecular flexibility index (Phi) is 5.92. The van der Waals surface area contributed by atoms with E-state index in [1.54, 1.807) is 18.2 Å². The van der Waals surface area contributed by atoms with Gasteiger partial charge in [0.25, 0.3) is 0 Å². The molecule has 3 aromatic rings. The van der Waals surface area contributed by atoms with Crippen LogP contribution < -0.4 is 15.4 Å². The molecule has 0 bridgehead atoms. The number of halogens is 2. The fraction of sp³-hybridized carbons (Fsp3) is 0.118. The zero-order chi connectivity index (χ0) is 18.5. The van der Waals surface area contributed by atoms with Crippen molar-refractivity contribution in [3.63, 3.8) is 0 Å². The van der Waals surface area contributed by atoms with Gasteiger partial charge in [-0.25, -0.2) is 4.79 Å². The first-order chi connectivity index (χ1) is 12.5. The third kappa shape index (κ3) is 4.63. The molecule has 1 heterocycles. The van der Waals surface area contributed by atoms with E-state index >= 15 is 0 Å². The van der Waals surface area contributed by atoms with Crippen molar-refractivity contribution in [1.82, 2.24) is 10.2 Å². The zero-order valence-electron chi connectivity index (χ0n) is 13.6. The van der Waals surface area contributed by atoms with Gasteiger partial charge in [-0.05, 0) is 49.4 Å². The van der Waals surface area contributed by atoms with Gasteiger partial charge in [-0.1, -0.05) is 34.5 Å². The molecule has 2 N–H and O–H groups in total. The molecule has 0 unspecified atom stereocenters. The topological polar surface area (TPSA) is 76.1 Å². The van der Waals surface area contributed by atoms with Crippen molar-refractivity contribution in [2.24, 2.45) is 0 Å². The lowest BCUT2D eigenvalue weighted by atomic mass is 10.2. The van der Waals surface area contributed by atoms with E-state index in [1.165, 1.54) is 11.3 Å². The van der Waals surface area contributed by atoms with Crippen LogP contribution in [0.2, 0.25) is 10.0 Å². The highest BCUT2D eigenvalue weighted by Crippen LogP contribution is 2.29. The van der Waals surface area contributed by atoms with Crippen LogP contribution in [0, 0.1) is 0 Å². The quantitative estimate of drug-likeness (QED) is 0.579. The lowest BCUT2D eigenvalue weighted by Crippen LogP contribution is -2.19. The molecule has 134 valence electrons. The average Bonchev–Trinajstić information content (AvgIpc) is 3.07. The second-order valence-electron chi connectivity index (χ2n) is 5.07. The second-order valence-corrected chi connectivity index (χ2v) is 6.89. The Hall–Kier alpha value is -2.35. The zero-order valence-corrected chi connectivity index (χ0v) is 16.0.